The minimum atomic E-state index is 0.745. The van der Waals surface area contributed by atoms with E-state index in [0.717, 1.165) is 17.3 Å². The predicted molar refractivity (Wildman–Crippen MR) is 68.6 cm³/mol. The van der Waals surface area contributed by atoms with Crippen molar-refractivity contribution in [3.8, 4) is 0 Å². The third-order valence-electron chi connectivity index (χ3n) is 3.56. The fraction of sp³-hybridized carbons (Fsp3) is 1.00. The maximum Gasteiger partial charge on any atom is 0.0195 e. The number of piperidine rings is 1. The monoisotopic (exact) mass is 228 g/mol. The molecular weight excluding hydrogens is 204 g/mol. The summed E-state index contributed by atoms with van der Waals surface area (Å²) in [5, 5.41) is 8.24. The van der Waals surface area contributed by atoms with E-state index in [4.69, 9.17) is 0 Å². The molecule has 0 bridgehead atoms. The van der Waals surface area contributed by atoms with E-state index < -0.39 is 0 Å². The highest BCUT2D eigenvalue weighted by molar-refractivity contribution is 7.99. The SMILES string of the molecule is CCSC1CCC(NC2CCCNC2)C1. The number of nitrogens with one attached hydrogen (secondary N) is 2. The minimum absolute atomic E-state index is 0.745. The zero-order chi connectivity index (χ0) is 10.5. The van der Waals surface area contributed by atoms with Crippen LogP contribution in [-0.2, 0) is 0 Å². The Morgan fingerprint density at radius 3 is 2.93 bits per heavy atom. The highest BCUT2D eigenvalue weighted by Crippen LogP contribution is 2.30. The average molecular weight is 228 g/mol. The normalized spacial score (nSPS) is 37.0. The maximum absolute atomic E-state index is 3.83. The van der Waals surface area contributed by atoms with Crippen LogP contribution in [0.3, 0.4) is 0 Å². The van der Waals surface area contributed by atoms with Crippen LogP contribution < -0.4 is 10.6 Å². The molecule has 1 aliphatic carbocycles. The molecule has 1 saturated carbocycles. The van der Waals surface area contributed by atoms with Crippen LogP contribution in [-0.4, -0.2) is 36.2 Å². The van der Waals surface area contributed by atoms with E-state index in [2.05, 4.69) is 29.3 Å². The van der Waals surface area contributed by atoms with Gasteiger partial charge in [-0.05, 0) is 44.4 Å². The smallest absolute Gasteiger partial charge is 0.0195 e. The number of hydrogen-bond acceptors (Lipinski definition) is 3. The summed E-state index contributed by atoms with van der Waals surface area (Å²) in [6, 6.07) is 1.55. The Morgan fingerprint density at radius 1 is 1.27 bits per heavy atom. The van der Waals surface area contributed by atoms with Gasteiger partial charge in [0, 0.05) is 23.9 Å². The van der Waals surface area contributed by atoms with E-state index in [0.29, 0.717) is 0 Å². The molecule has 88 valence electrons. The zero-order valence-electron chi connectivity index (χ0n) is 9.80. The summed E-state index contributed by atoms with van der Waals surface area (Å²) in [5.74, 6) is 1.28. The highest BCUT2D eigenvalue weighted by Gasteiger charge is 2.26. The van der Waals surface area contributed by atoms with Gasteiger partial charge >= 0.3 is 0 Å². The largest absolute Gasteiger partial charge is 0.315 e. The molecule has 1 saturated heterocycles. The van der Waals surface area contributed by atoms with Crippen molar-refractivity contribution in [2.75, 3.05) is 18.8 Å². The van der Waals surface area contributed by atoms with Crippen LogP contribution in [0.4, 0.5) is 0 Å². The second-order valence-electron chi connectivity index (χ2n) is 4.80. The molecule has 2 aliphatic rings. The number of rotatable bonds is 4. The Labute approximate surface area is 98.0 Å². The van der Waals surface area contributed by atoms with Crippen LogP contribution in [0.15, 0.2) is 0 Å². The molecule has 0 spiro atoms. The van der Waals surface area contributed by atoms with Gasteiger partial charge in [-0.15, -0.1) is 0 Å². The molecule has 2 nitrogen and oxygen atoms in total. The first-order valence-corrected chi connectivity index (χ1v) is 7.51. The molecule has 0 radical (unpaired) electrons. The fourth-order valence-corrected chi connectivity index (χ4v) is 3.95. The number of thioether (sulfide) groups is 1. The van der Waals surface area contributed by atoms with Gasteiger partial charge in [0.05, 0.1) is 0 Å². The van der Waals surface area contributed by atoms with Crippen LogP contribution in [0.25, 0.3) is 0 Å². The first kappa shape index (κ1) is 11.7. The molecule has 1 heterocycles. The van der Waals surface area contributed by atoms with Gasteiger partial charge in [0.1, 0.15) is 0 Å². The van der Waals surface area contributed by atoms with Crippen molar-refractivity contribution >= 4 is 11.8 Å². The van der Waals surface area contributed by atoms with Gasteiger partial charge in [0.2, 0.25) is 0 Å². The van der Waals surface area contributed by atoms with Crippen LogP contribution >= 0.6 is 11.8 Å². The molecule has 3 unspecified atom stereocenters. The fourth-order valence-electron chi connectivity index (χ4n) is 2.81. The minimum Gasteiger partial charge on any atom is -0.315 e. The molecule has 2 rings (SSSR count). The molecule has 1 aliphatic heterocycles. The Balaban J connectivity index is 1.67. The Morgan fingerprint density at radius 2 is 2.20 bits per heavy atom. The molecular formula is C12H24N2S. The van der Waals surface area contributed by atoms with Crippen LogP contribution in [0.5, 0.6) is 0 Å². The predicted octanol–water partition coefficient (Wildman–Crippen LogP) is 2.00. The van der Waals surface area contributed by atoms with E-state index >= 15 is 0 Å². The molecule has 2 N–H and O–H groups in total. The maximum atomic E-state index is 3.83. The Hall–Kier alpha value is 0.270. The number of hydrogen-bond donors (Lipinski definition) is 2. The van der Waals surface area contributed by atoms with Gasteiger partial charge in [-0.2, -0.15) is 11.8 Å². The van der Waals surface area contributed by atoms with Crippen molar-refractivity contribution in [1.29, 1.82) is 0 Å². The van der Waals surface area contributed by atoms with Gasteiger partial charge in [0.25, 0.3) is 0 Å². The van der Waals surface area contributed by atoms with Gasteiger partial charge in [-0.3, -0.25) is 0 Å². The molecule has 0 aromatic heterocycles. The van der Waals surface area contributed by atoms with Gasteiger partial charge in [-0.25, -0.2) is 0 Å². The van der Waals surface area contributed by atoms with Gasteiger partial charge in [-0.1, -0.05) is 6.92 Å². The van der Waals surface area contributed by atoms with Crippen molar-refractivity contribution in [3.63, 3.8) is 0 Å². The zero-order valence-corrected chi connectivity index (χ0v) is 10.6. The lowest BCUT2D eigenvalue weighted by atomic mass is 10.1. The van der Waals surface area contributed by atoms with E-state index in [1.54, 1.807) is 0 Å². The van der Waals surface area contributed by atoms with Crippen LogP contribution in [0.1, 0.15) is 39.0 Å². The molecule has 15 heavy (non-hydrogen) atoms. The summed E-state index contributed by atoms with van der Waals surface area (Å²) in [5.41, 5.74) is 0. The van der Waals surface area contributed by atoms with Crippen molar-refractivity contribution < 1.29 is 0 Å². The summed E-state index contributed by atoms with van der Waals surface area (Å²) in [4.78, 5) is 0. The second-order valence-corrected chi connectivity index (χ2v) is 6.37. The molecule has 0 aromatic carbocycles. The Bertz CT molecular complexity index is 180. The standard InChI is InChI=1S/C12H24N2S/c1-2-15-12-6-5-10(8-12)14-11-4-3-7-13-9-11/h10-14H,2-9H2,1H3. The Kier molecular flexibility index (Phi) is 4.79. The molecule has 0 amide bonds. The topological polar surface area (TPSA) is 24.1 Å². The summed E-state index contributed by atoms with van der Waals surface area (Å²) in [6.45, 7) is 4.68. The average Bonchev–Trinajstić information content (AvgIpc) is 2.68. The lowest BCUT2D eigenvalue weighted by Gasteiger charge is -2.27. The van der Waals surface area contributed by atoms with E-state index in [-0.39, 0.29) is 0 Å². The van der Waals surface area contributed by atoms with Crippen molar-refractivity contribution in [1.82, 2.24) is 10.6 Å². The molecule has 3 heteroatoms. The lowest BCUT2D eigenvalue weighted by Crippen LogP contribution is -2.46. The molecule has 3 atom stereocenters. The van der Waals surface area contributed by atoms with Gasteiger partial charge in [0.15, 0.2) is 0 Å². The summed E-state index contributed by atoms with van der Waals surface area (Å²) >= 11 is 2.15. The third-order valence-corrected chi connectivity index (χ3v) is 4.79. The van der Waals surface area contributed by atoms with Gasteiger partial charge < -0.3 is 10.6 Å². The summed E-state index contributed by atoms with van der Waals surface area (Å²) in [7, 11) is 0. The van der Waals surface area contributed by atoms with Crippen molar-refractivity contribution in [3.05, 3.63) is 0 Å². The molecule has 2 fully saturated rings. The van der Waals surface area contributed by atoms with E-state index in [9.17, 15) is 0 Å². The van der Waals surface area contributed by atoms with E-state index in [1.807, 2.05) is 0 Å². The van der Waals surface area contributed by atoms with Crippen LogP contribution in [0.2, 0.25) is 0 Å². The van der Waals surface area contributed by atoms with Crippen molar-refractivity contribution in [2.24, 2.45) is 0 Å². The summed E-state index contributed by atoms with van der Waals surface area (Å²) < 4.78 is 0. The second kappa shape index (κ2) is 6.12. The lowest BCUT2D eigenvalue weighted by molar-refractivity contribution is 0.351. The molecule has 0 aromatic rings. The van der Waals surface area contributed by atoms with Crippen molar-refractivity contribution in [2.45, 2.75) is 56.4 Å². The highest BCUT2D eigenvalue weighted by atomic mass is 32.2. The van der Waals surface area contributed by atoms with Crippen LogP contribution in [0, 0.1) is 0 Å². The first-order valence-electron chi connectivity index (χ1n) is 6.47. The summed E-state index contributed by atoms with van der Waals surface area (Å²) in [6.07, 6.45) is 6.94. The third kappa shape index (κ3) is 3.65. The van der Waals surface area contributed by atoms with E-state index in [1.165, 1.54) is 50.9 Å². The first-order chi connectivity index (χ1) is 7.38. The quantitative estimate of drug-likeness (QED) is 0.769.